The van der Waals surface area contributed by atoms with Crippen LogP contribution in [0.15, 0.2) is 33.1 Å². The fourth-order valence-corrected chi connectivity index (χ4v) is 8.74. The molecule has 21 nitrogen and oxygen atoms in total. The van der Waals surface area contributed by atoms with E-state index in [2.05, 4.69) is 25.2 Å². The SMILES string of the molecule is Cc1oc(-c2cc(CN3CC(=O)OC(=O)C3)nc(CN(CCCCCCNc3nc(Cl)nc(Cl)n3)Cc3cc(-c4oc(C)c(C(=O)O)c4C)cc(CN4CC(=O)OC(=O)C4)n3)c2)c(C)c1C(=O)O. The van der Waals surface area contributed by atoms with Crippen LogP contribution in [-0.2, 0) is 54.8 Å². The minimum absolute atomic E-state index is 0.0247. The maximum Gasteiger partial charge on any atom is 0.339 e. The first-order chi connectivity index (χ1) is 32.4. The molecule has 358 valence electrons. The van der Waals surface area contributed by atoms with Gasteiger partial charge in [-0.25, -0.2) is 9.59 Å². The minimum atomic E-state index is -1.14. The second kappa shape index (κ2) is 21.5. The van der Waals surface area contributed by atoms with Crippen molar-refractivity contribution in [2.75, 3.05) is 44.6 Å². The Morgan fingerprint density at radius 3 is 1.44 bits per heavy atom. The van der Waals surface area contributed by atoms with Crippen LogP contribution in [0.1, 0.15) is 91.8 Å². The molecule has 0 aliphatic carbocycles. The lowest BCUT2D eigenvalue weighted by atomic mass is 10.0. The smallest absolute Gasteiger partial charge is 0.339 e. The number of nitrogens with zero attached hydrogens (tertiary/aromatic N) is 8. The number of rotatable bonds is 20. The van der Waals surface area contributed by atoms with Gasteiger partial charge in [0.05, 0.1) is 49.0 Å². The molecule has 2 saturated heterocycles. The van der Waals surface area contributed by atoms with Gasteiger partial charge in [0.2, 0.25) is 16.5 Å². The number of halogens is 2. The number of aryl methyl sites for hydroxylation is 2. The maximum atomic E-state index is 12.2. The highest BCUT2D eigenvalue weighted by Gasteiger charge is 2.29. The van der Waals surface area contributed by atoms with Crippen molar-refractivity contribution in [1.29, 1.82) is 0 Å². The molecule has 0 spiro atoms. The molecule has 5 aromatic heterocycles. The average molecular weight is 977 g/mol. The van der Waals surface area contributed by atoms with Crippen molar-refractivity contribution < 1.29 is 57.3 Å². The van der Waals surface area contributed by atoms with Crippen LogP contribution < -0.4 is 5.32 Å². The zero-order valence-electron chi connectivity index (χ0n) is 37.5. The molecule has 2 aliphatic heterocycles. The highest BCUT2D eigenvalue weighted by Crippen LogP contribution is 2.34. The van der Waals surface area contributed by atoms with Crippen molar-refractivity contribution in [3.8, 4) is 22.6 Å². The number of esters is 4. The van der Waals surface area contributed by atoms with E-state index in [0.717, 1.165) is 25.7 Å². The van der Waals surface area contributed by atoms with E-state index in [1.807, 2.05) is 0 Å². The Bertz CT molecular complexity index is 2590. The summed E-state index contributed by atoms with van der Waals surface area (Å²) in [4.78, 5) is 101. The lowest BCUT2D eigenvalue weighted by Gasteiger charge is -2.26. The first-order valence-electron chi connectivity index (χ1n) is 21.5. The third-order valence-electron chi connectivity index (χ3n) is 11.1. The van der Waals surface area contributed by atoms with E-state index in [1.54, 1.807) is 61.8 Å². The van der Waals surface area contributed by atoms with Crippen molar-refractivity contribution >= 4 is 65.0 Å². The number of ether oxygens (including phenoxy) is 2. The van der Waals surface area contributed by atoms with Crippen LogP contribution in [0.25, 0.3) is 22.6 Å². The molecule has 2 aliphatic rings. The van der Waals surface area contributed by atoms with Gasteiger partial charge in [-0.15, -0.1) is 0 Å². The summed E-state index contributed by atoms with van der Waals surface area (Å²) < 4.78 is 21.6. The Labute approximate surface area is 398 Å². The fourth-order valence-electron chi connectivity index (χ4n) is 8.37. The molecule has 68 heavy (non-hydrogen) atoms. The van der Waals surface area contributed by atoms with Gasteiger partial charge in [-0.2, -0.15) is 15.0 Å². The molecule has 2 fully saturated rings. The second-order valence-corrected chi connectivity index (χ2v) is 17.2. The summed E-state index contributed by atoms with van der Waals surface area (Å²) in [5.41, 5.74) is 4.03. The third-order valence-corrected chi connectivity index (χ3v) is 11.5. The van der Waals surface area contributed by atoms with Crippen LogP contribution in [0.2, 0.25) is 10.6 Å². The van der Waals surface area contributed by atoms with Crippen molar-refractivity contribution in [2.45, 2.75) is 79.6 Å². The van der Waals surface area contributed by atoms with Gasteiger partial charge in [-0.1, -0.05) is 12.8 Å². The first kappa shape index (κ1) is 49.3. The molecule has 23 heteroatoms. The number of cyclic esters (lactones) is 4. The largest absolute Gasteiger partial charge is 0.478 e. The molecule has 5 aromatic rings. The van der Waals surface area contributed by atoms with Gasteiger partial charge in [0.15, 0.2) is 0 Å². The number of furan rings is 2. The summed E-state index contributed by atoms with van der Waals surface area (Å²) in [7, 11) is 0. The van der Waals surface area contributed by atoms with Gasteiger partial charge < -0.3 is 33.8 Å². The lowest BCUT2D eigenvalue weighted by molar-refractivity contribution is -0.168. The number of carboxylic acid groups (broad SMARTS) is 2. The summed E-state index contributed by atoms with van der Waals surface area (Å²) in [6.07, 6.45) is 3.11. The zero-order chi connectivity index (χ0) is 48.8. The summed E-state index contributed by atoms with van der Waals surface area (Å²) in [5, 5.41) is 23.0. The molecule has 0 amide bonds. The lowest BCUT2D eigenvalue weighted by Crippen LogP contribution is -2.42. The number of nitrogens with one attached hydrogen (secondary N) is 1. The van der Waals surface area contributed by atoms with Gasteiger partial charge in [-0.05, 0) is 94.5 Å². The number of hydrogen-bond acceptors (Lipinski definition) is 19. The zero-order valence-corrected chi connectivity index (χ0v) is 39.0. The average Bonchev–Trinajstić information content (AvgIpc) is 3.71. The van der Waals surface area contributed by atoms with E-state index in [1.165, 1.54) is 0 Å². The minimum Gasteiger partial charge on any atom is -0.478 e. The van der Waals surface area contributed by atoms with Crippen molar-refractivity contribution in [3.05, 3.63) is 91.4 Å². The van der Waals surface area contributed by atoms with Crippen LogP contribution in [0, 0.1) is 27.7 Å². The van der Waals surface area contributed by atoms with E-state index in [-0.39, 0.29) is 91.5 Å². The topological polar surface area (TPSA) is 274 Å². The summed E-state index contributed by atoms with van der Waals surface area (Å²) in [6.45, 7) is 7.57. The highest BCUT2D eigenvalue weighted by atomic mass is 35.5. The van der Waals surface area contributed by atoms with Gasteiger partial charge in [0, 0.05) is 55.0 Å². The first-order valence-corrected chi connectivity index (χ1v) is 22.3. The number of carbonyl (C=O) groups is 6. The number of aromatic nitrogens is 5. The van der Waals surface area contributed by atoms with Crippen LogP contribution in [0.5, 0.6) is 0 Å². The Kier molecular flexibility index (Phi) is 15.6. The monoisotopic (exact) mass is 975 g/mol. The molecular formula is C45H47Cl2N9O12. The van der Waals surface area contributed by atoms with Gasteiger partial charge in [0.25, 0.3) is 0 Å². The summed E-state index contributed by atoms with van der Waals surface area (Å²) in [5.74, 6) is -3.70. The number of unbranched alkanes of at least 4 members (excludes halogenated alkanes) is 3. The molecule has 0 aromatic carbocycles. The highest BCUT2D eigenvalue weighted by molar-refractivity contribution is 6.31. The Balaban J connectivity index is 1.22. The molecule has 0 saturated carbocycles. The predicted octanol–water partition coefficient (Wildman–Crippen LogP) is 5.56. The van der Waals surface area contributed by atoms with E-state index in [4.69, 9.17) is 51.5 Å². The van der Waals surface area contributed by atoms with Gasteiger partial charge in [-0.3, -0.25) is 43.8 Å². The number of aromatic carboxylic acids is 2. The van der Waals surface area contributed by atoms with Crippen molar-refractivity contribution in [1.82, 2.24) is 39.6 Å². The molecule has 0 radical (unpaired) electrons. The normalized spacial score (nSPS) is 14.7. The Hall–Kier alpha value is -6.65. The third kappa shape index (κ3) is 12.5. The number of hydrogen-bond donors (Lipinski definition) is 3. The standard InChI is InChI=1S/C45H47Cl2N9O12/c1-23-37(41(61)62)25(3)65-39(23)27-11-29(49-31(13-27)17-55-19-33(57)67-34(58)20-55)15-54(10-8-6-5-7-9-48-45-52-43(46)51-44(47)53-45)16-30-12-28(40-24(2)38(42(63)64)26(4)66-40)14-32(50-30)18-56-21-35(59)68-36(60)22-56/h11-14H,5-10,15-22H2,1-4H3,(H,61,62)(H,63,64)(H,48,51,52,53). The van der Waals surface area contributed by atoms with E-state index >= 15 is 0 Å². The maximum absolute atomic E-state index is 12.2. The Morgan fingerprint density at radius 2 is 1.03 bits per heavy atom. The van der Waals surface area contributed by atoms with Crippen molar-refractivity contribution in [2.24, 2.45) is 0 Å². The molecular weight excluding hydrogens is 929 g/mol. The van der Waals surface area contributed by atoms with Crippen LogP contribution in [-0.4, -0.2) is 125 Å². The predicted molar refractivity (Wildman–Crippen MR) is 240 cm³/mol. The second-order valence-electron chi connectivity index (χ2n) is 16.5. The van der Waals surface area contributed by atoms with E-state index in [9.17, 15) is 39.0 Å². The van der Waals surface area contributed by atoms with Crippen LogP contribution >= 0.6 is 23.2 Å². The molecule has 0 atom stereocenters. The molecule has 0 unspecified atom stereocenters. The van der Waals surface area contributed by atoms with Crippen molar-refractivity contribution in [3.63, 3.8) is 0 Å². The number of carbonyl (C=O) groups excluding carboxylic acids is 4. The number of pyridine rings is 2. The quantitative estimate of drug-likeness (QED) is 0.0489. The number of anilines is 1. The Morgan fingerprint density at radius 1 is 0.618 bits per heavy atom. The summed E-state index contributed by atoms with van der Waals surface area (Å²) in [6, 6.07) is 7.08. The van der Waals surface area contributed by atoms with Crippen LogP contribution in [0.4, 0.5) is 5.95 Å². The molecule has 0 bridgehead atoms. The van der Waals surface area contributed by atoms with E-state index in [0.29, 0.717) is 69.6 Å². The fraction of sp³-hybridized carbons (Fsp3) is 0.400. The van der Waals surface area contributed by atoms with E-state index < -0.39 is 35.8 Å². The number of carboxylic acids is 2. The van der Waals surface area contributed by atoms with Gasteiger partial charge in [0.1, 0.15) is 34.2 Å². The van der Waals surface area contributed by atoms with Gasteiger partial charge >= 0.3 is 35.8 Å². The number of morpholine rings is 2. The molecule has 7 rings (SSSR count). The summed E-state index contributed by atoms with van der Waals surface area (Å²) >= 11 is 11.8. The molecule has 3 N–H and O–H groups in total. The van der Waals surface area contributed by atoms with Crippen LogP contribution in [0.3, 0.4) is 0 Å². The molecule has 7 heterocycles.